The fraction of sp³-hybridized carbons (Fsp3) is 0.138. The molecule has 4 aromatic rings. The van der Waals surface area contributed by atoms with Gasteiger partial charge in [0.25, 0.3) is 0 Å². The van der Waals surface area contributed by atoms with Crippen LogP contribution in [0.4, 0.5) is 4.79 Å². The number of fused-ring (bicyclic) bond motifs is 3. The topological polar surface area (TPSA) is 88.5 Å². The van der Waals surface area contributed by atoms with Gasteiger partial charge in [-0.1, -0.05) is 78.9 Å². The molecule has 0 bridgehead atoms. The van der Waals surface area contributed by atoms with Gasteiger partial charge >= 0.3 is 12.1 Å². The summed E-state index contributed by atoms with van der Waals surface area (Å²) in [6.45, 7) is 0.130. The van der Waals surface area contributed by atoms with Crippen molar-refractivity contribution in [2.75, 3.05) is 6.61 Å². The van der Waals surface area contributed by atoms with Crippen LogP contribution in [0.25, 0.3) is 22.4 Å². The number of ether oxygens (including phenoxy) is 1. The van der Waals surface area contributed by atoms with Crippen molar-refractivity contribution < 1.29 is 19.4 Å². The number of hydrogen-bond acceptors (Lipinski definition) is 4. The average molecular weight is 501 g/mol. The Morgan fingerprint density at radius 1 is 0.861 bits per heavy atom. The number of carbonyl (C=O) groups excluding carboxylic acids is 1. The molecule has 1 aromatic heterocycles. The number of aromatic nitrogens is 1. The molecule has 5 rings (SSSR count). The van der Waals surface area contributed by atoms with Gasteiger partial charge in [-0.05, 0) is 39.9 Å². The first-order valence-electron chi connectivity index (χ1n) is 11.4. The maximum Gasteiger partial charge on any atom is 0.407 e. The lowest BCUT2D eigenvalue weighted by atomic mass is 9.98. The van der Waals surface area contributed by atoms with Crippen LogP contribution in [0.15, 0.2) is 97.2 Å². The summed E-state index contributed by atoms with van der Waals surface area (Å²) in [5.41, 5.74) is 7.03. The Morgan fingerprint density at radius 2 is 1.47 bits per heavy atom. The second-order valence-corrected chi connectivity index (χ2v) is 8.48. The summed E-state index contributed by atoms with van der Waals surface area (Å²) in [7, 11) is 0. The highest BCUT2D eigenvalue weighted by Gasteiger charge is 2.29. The van der Waals surface area contributed by atoms with Crippen LogP contribution in [0.2, 0.25) is 0 Å². The van der Waals surface area contributed by atoms with Crippen LogP contribution >= 0.6 is 12.4 Å². The number of hydrogen-bond donors (Lipinski definition) is 2. The third kappa shape index (κ3) is 5.24. The van der Waals surface area contributed by atoms with Crippen molar-refractivity contribution in [2.45, 2.75) is 18.4 Å². The summed E-state index contributed by atoms with van der Waals surface area (Å²) >= 11 is 0. The van der Waals surface area contributed by atoms with Gasteiger partial charge in [0.15, 0.2) is 0 Å². The summed E-state index contributed by atoms with van der Waals surface area (Å²) in [5, 5.41) is 12.2. The highest BCUT2D eigenvalue weighted by Crippen LogP contribution is 2.44. The van der Waals surface area contributed by atoms with Crippen LogP contribution in [0, 0.1) is 0 Å². The SMILES string of the molecule is Cl.O=C(N[C@@H](Cc1ccc(-c2ccccn2)cc1)C(=O)O)OCC1c2ccccc2-c2ccccc21. The van der Waals surface area contributed by atoms with Gasteiger partial charge in [-0.3, -0.25) is 4.98 Å². The van der Waals surface area contributed by atoms with Gasteiger partial charge in [0, 0.05) is 24.1 Å². The number of carboxylic acids is 1. The Hall–Kier alpha value is -4.16. The number of pyridine rings is 1. The monoisotopic (exact) mass is 500 g/mol. The molecule has 7 heteroatoms. The summed E-state index contributed by atoms with van der Waals surface area (Å²) in [4.78, 5) is 28.7. The summed E-state index contributed by atoms with van der Waals surface area (Å²) < 4.78 is 5.51. The molecule has 1 heterocycles. The highest BCUT2D eigenvalue weighted by atomic mass is 35.5. The van der Waals surface area contributed by atoms with Crippen LogP contribution in [0.3, 0.4) is 0 Å². The zero-order valence-electron chi connectivity index (χ0n) is 19.3. The van der Waals surface area contributed by atoms with Gasteiger partial charge in [0.2, 0.25) is 0 Å². The zero-order valence-corrected chi connectivity index (χ0v) is 20.2. The standard InChI is InChI=1S/C29H24N2O4.ClH/c32-28(33)27(17-19-12-14-20(15-13-19)26-11-5-6-16-30-26)31-29(34)35-18-25-23-9-3-1-7-21(23)22-8-2-4-10-24(22)25;/h1-16,25,27H,17-18H2,(H,31,34)(H,32,33);1H/t27-;/m0./s1. The number of nitrogens with zero attached hydrogens (tertiary/aromatic N) is 1. The molecule has 182 valence electrons. The lowest BCUT2D eigenvalue weighted by molar-refractivity contribution is -0.139. The second-order valence-electron chi connectivity index (χ2n) is 8.48. The van der Waals surface area contributed by atoms with E-state index in [2.05, 4.69) is 22.4 Å². The first-order valence-corrected chi connectivity index (χ1v) is 11.4. The number of alkyl carbamates (subject to hydrolysis) is 1. The molecular weight excluding hydrogens is 476 g/mol. The Labute approximate surface area is 215 Å². The minimum atomic E-state index is -1.12. The van der Waals surface area contributed by atoms with E-state index in [0.717, 1.165) is 39.1 Å². The van der Waals surface area contributed by atoms with E-state index in [1.807, 2.05) is 78.9 Å². The number of amides is 1. The number of halogens is 1. The van der Waals surface area contributed by atoms with E-state index in [0.29, 0.717) is 0 Å². The molecule has 1 aliphatic rings. The average Bonchev–Trinajstić information content (AvgIpc) is 3.21. The Balaban J connectivity index is 0.00000304. The molecule has 1 amide bonds. The van der Waals surface area contributed by atoms with Gasteiger partial charge in [0.05, 0.1) is 5.69 Å². The third-order valence-corrected chi connectivity index (χ3v) is 6.29. The van der Waals surface area contributed by atoms with E-state index in [1.165, 1.54) is 0 Å². The Morgan fingerprint density at radius 3 is 2.06 bits per heavy atom. The van der Waals surface area contributed by atoms with E-state index >= 15 is 0 Å². The number of carboxylic acid groups (broad SMARTS) is 1. The van der Waals surface area contributed by atoms with Crippen molar-refractivity contribution in [3.8, 4) is 22.4 Å². The normalized spacial score (nSPS) is 12.6. The maximum absolute atomic E-state index is 12.6. The molecule has 0 aliphatic heterocycles. The summed E-state index contributed by atoms with van der Waals surface area (Å²) in [6, 6.07) is 28.2. The zero-order chi connectivity index (χ0) is 24.2. The predicted molar refractivity (Wildman–Crippen MR) is 140 cm³/mol. The molecule has 0 saturated carbocycles. The molecule has 1 atom stereocenters. The predicted octanol–water partition coefficient (Wildman–Crippen LogP) is 5.70. The fourth-order valence-corrected chi connectivity index (χ4v) is 4.56. The number of nitrogens with one attached hydrogen (secondary N) is 1. The first-order chi connectivity index (χ1) is 17.1. The van der Waals surface area contributed by atoms with E-state index in [1.54, 1.807) is 6.20 Å². The van der Waals surface area contributed by atoms with Crippen LogP contribution in [-0.4, -0.2) is 34.8 Å². The van der Waals surface area contributed by atoms with Crippen molar-refractivity contribution in [2.24, 2.45) is 0 Å². The maximum atomic E-state index is 12.6. The van der Waals surface area contributed by atoms with Crippen LogP contribution < -0.4 is 5.32 Å². The largest absolute Gasteiger partial charge is 0.480 e. The van der Waals surface area contributed by atoms with Gasteiger partial charge in [-0.25, -0.2) is 9.59 Å². The number of benzene rings is 3. The quantitative estimate of drug-likeness (QED) is 0.339. The molecule has 6 nitrogen and oxygen atoms in total. The fourth-order valence-electron chi connectivity index (χ4n) is 4.56. The Bertz CT molecular complexity index is 1310. The highest BCUT2D eigenvalue weighted by molar-refractivity contribution is 5.85. The van der Waals surface area contributed by atoms with Crippen molar-refractivity contribution in [1.29, 1.82) is 0 Å². The molecule has 0 fully saturated rings. The van der Waals surface area contributed by atoms with E-state index in [9.17, 15) is 14.7 Å². The van der Waals surface area contributed by atoms with Crippen molar-refractivity contribution in [3.05, 3.63) is 114 Å². The molecule has 0 spiro atoms. The van der Waals surface area contributed by atoms with Crippen LogP contribution in [0.5, 0.6) is 0 Å². The molecule has 3 aromatic carbocycles. The van der Waals surface area contributed by atoms with E-state index in [-0.39, 0.29) is 31.4 Å². The molecule has 1 aliphatic carbocycles. The molecule has 0 radical (unpaired) electrons. The van der Waals surface area contributed by atoms with Crippen molar-refractivity contribution >= 4 is 24.5 Å². The van der Waals surface area contributed by atoms with Crippen molar-refractivity contribution in [3.63, 3.8) is 0 Å². The summed E-state index contributed by atoms with van der Waals surface area (Å²) in [6.07, 6.45) is 1.12. The molecule has 2 N–H and O–H groups in total. The molecule has 36 heavy (non-hydrogen) atoms. The van der Waals surface area contributed by atoms with Gasteiger partial charge in [-0.2, -0.15) is 0 Å². The smallest absolute Gasteiger partial charge is 0.407 e. The lowest BCUT2D eigenvalue weighted by Crippen LogP contribution is -2.42. The number of carbonyl (C=O) groups is 2. The molecular formula is C29H25ClN2O4. The van der Waals surface area contributed by atoms with E-state index in [4.69, 9.17) is 4.74 Å². The summed E-state index contributed by atoms with van der Waals surface area (Å²) in [5.74, 6) is -1.21. The lowest BCUT2D eigenvalue weighted by Gasteiger charge is -2.17. The number of aliphatic carboxylic acids is 1. The second kappa shape index (κ2) is 11.1. The van der Waals surface area contributed by atoms with E-state index < -0.39 is 18.1 Å². The van der Waals surface area contributed by atoms with Gasteiger partial charge in [0.1, 0.15) is 12.6 Å². The van der Waals surface area contributed by atoms with Gasteiger partial charge < -0.3 is 15.2 Å². The first kappa shape index (κ1) is 24.9. The Kier molecular flexibility index (Phi) is 7.66. The molecule has 0 saturated heterocycles. The molecule has 0 unspecified atom stereocenters. The minimum absolute atomic E-state index is 0. The third-order valence-electron chi connectivity index (χ3n) is 6.29. The van der Waals surface area contributed by atoms with Crippen molar-refractivity contribution in [1.82, 2.24) is 10.3 Å². The number of rotatable bonds is 7. The van der Waals surface area contributed by atoms with Crippen LogP contribution in [-0.2, 0) is 16.0 Å². The van der Waals surface area contributed by atoms with Gasteiger partial charge in [-0.15, -0.1) is 12.4 Å². The van der Waals surface area contributed by atoms with Crippen LogP contribution in [0.1, 0.15) is 22.6 Å². The minimum Gasteiger partial charge on any atom is -0.480 e.